The molecule has 2 aromatic carbocycles. The van der Waals surface area contributed by atoms with Crippen LogP contribution in [0, 0.1) is 5.92 Å². The fourth-order valence-corrected chi connectivity index (χ4v) is 2.73. The summed E-state index contributed by atoms with van der Waals surface area (Å²) < 4.78 is 0. The topological polar surface area (TPSA) is 12.0 Å². The Morgan fingerprint density at radius 3 is 1.90 bits per heavy atom. The van der Waals surface area contributed by atoms with E-state index in [-0.39, 0.29) is 0 Å². The van der Waals surface area contributed by atoms with Gasteiger partial charge in [-0.2, -0.15) is 0 Å². The van der Waals surface area contributed by atoms with Crippen LogP contribution in [-0.4, -0.2) is 7.05 Å². The lowest BCUT2D eigenvalue weighted by Gasteiger charge is -2.17. The van der Waals surface area contributed by atoms with Crippen molar-refractivity contribution in [2.45, 2.75) is 32.7 Å². The molecule has 0 heterocycles. The molecule has 21 heavy (non-hydrogen) atoms. The van der Waals surface area contributed by atoms with Gasteiger partial charge < -0.3 is 5.32 Å². The van der Waals surface area contributed by atoms with Crippen LogP contribution < -0.4 is 5.32 Å². The normalized spacial score (nSPS) is 12.6. The lowest BCUT2D eigenvalue weighted by atomic mass is 9.96. The first-order valence-electron chi connectivity index (χ1n) is 7.59. The van der Waals surface area contributed by atoms with Gasteiger partial charge in [0.05, 0.1) is 0 Å². The van der Waals surface area contributed by atoms with Crippen molar-refractivity contribution in [3.8, 4) is 0 Å². The highest BCUT2D eigenvalue weighted by molar-refractivity contribution is 6.30. The summed E-state index contributed by atoms with van der Waals surface area (Å²) in [6.07, 6.45) is 2.11. The summed E-state index contributed by atoms with van der Waals surface area (Å²) in [5.41, 5.74) is 4.04. The van der Waals surface area contributed by atoms with Crippen LogP contribution in [0.5, 0.6) is 0 Å². The van der Waals surface area contributed by atoms with Gasteiger partial charge in [-0.15, -0.1) is 0 Å². The number of rotatable bonds is 6. The van der Waals surface area contributed by atoms with E-state index in [0.717, 1.165) is 17.9 Å². The van der Waals surface area contributed by atoms with E-state index in [0.29, 0.717) is 12.0 Å². The molecule has 0 aliphatic carbocycles. The van der Waals surface area contributed by atoms with Crippen molar-refractivity contribution in [1.29, 1.82) is 0 Å². The Bertz CT molecular complexity index is 543. The third kappa shape index (κ3) is 4.87. The molecular weight excluding hydrogens is 278 g/mol. The number of benzene rings is 2. The number of halogens is 1. The molecule has 1 N–H and O–H groups in total. The predicted molar refractivity (Wildman–Crippen MR) is 91.9 cm³/mol. The first-order valence-corrected chi connectivity index (χ1v) is 7.97. The van der Waals surface area contributed by atoms with Crippen molar-refractivity contribution in [2.75, 3.05) is 7.05 Å². The summed E-state index contributed by atoms with van der Waals surface area (Å²) in [6, 6.07) is 17.4. The first-order chi connectivity index (χ1) is 10.1. The number of nitrogens with one attached hydrogen (secondary N) is 1. The number of hydrogen-bond acceptors (Lipinski definition) is 1. The van der Waals surface area contributed by atoms with Crippen LogP contribution in [0.15, 0.2) is 48.5 Å². The van der Waals surface area contributed by atoms with Gasteiger partial charge in [0, 0.05) is 11.1 Å². The Balaban J connectivity index is 2.08. The molecule has 0 fully saturated rings. The van der Waals surface area contributed by atoms with Crippen molar-refractivity contribution in [3.63, 3.8) is 0 Å². The van der Waals surface area contributed by atoms with Crippen molar-refractivity contribution in [2.24, 2.45) is 5.92 Å². The minimum Gasteiger partial charge on any atom is -0.313 e. The highest BCUT2D eigenvalue weighted by Crippen LogP contribution is 2.21. The highest BCUT2D eigenvalue weighted by Gasteiger charge is 2.10. The fourth-order valence-electron chi connectivity index (χ4n) is 2.60. The van der Waals surface area contributed by atoms with E-state index in [1.54, 1.807) is 0 Å². The minimum absolute atomic E-state index is 0.333. The molecule has 0 amide bonds. The largest absolute Gasteiger partial charge is 0.313 e. The monoisotopic (exact) mass is 301 g/mol. The third-order valence-corrected chi connectivity index (χ3v) is 3.98. The van der Waals surface area contributed by atoms with Gasteiger partial charge in [-0.1, -0.05) is 61.8 Å². The molecule has 1 nitrogen and oxygen atoms in total. The Kier molecular flexibility index (Phi) is 5.84. The number of hydrogen-bond donors (Lipinski definition) is 1. The molecule has 1 unspecified atom stereocenters. The standard InChI is InChI=1S/C19H24ClN/c1-14(2)12-15-4-8-17(9-5-15)19(21-3)13-16-6-10-18(20)11-7-16/h4-11,14,19,21H,12-13H2,1-3H3. The third-order valence-electron chi connectivity index (χ3n) is 3.73. The molecule has 112 valence electrons. The summed E-state index contributed by atoms with van der Waals surface area (Å²) in [5.74, 6) is 0.699. The molecule has 0 spiro atoms. The van der Waals surface area contributed by atoms with Crippen LogP contribution in [-0.2, 0) is 12.8 Å². The quantitative estimate of drug-likeness (QED) is 0.788. The van der Waals surface area contributed by atoms with Gasteiger partial charge in [-0.25, -0.2) is 0 Å². The molecule has 0 aliphatic rings. The summed E-state index contributed by atoms with van der Waals surface area (Å²) in [5, 5.41) is 4.20. The Labute approximate surface area is 133 Å². The molecule has 0 saturated heterocycles. The summed E-state index contributed by atoms with van der Waals surface area (Å²) in [7, 11) is 2.02. The first kappa shape index (κ1) is 16.1. The Morgan fingerprint density at radius 2 is 1.38 bits per heavy atom. The molecule has 0 saturated carbocycles. The highest BCUT2D eigenvalue weighted by atomic mass is 35.5. The summed E-state index contributed by atoms with van der Waals surface area (Å²) in [4.78, 5) is 0. The SMILES string of the molecule is CNC(Cc1ccc(Cl)cc1)c1ccc(CC(C)C)cc1. The van der Waals surface area contributed by atoms with Crippen molar-refractivity contribution >= 4 is 11.6 Å². The lowest BCUT2D eigenvalue weighted by Crippen LogP contribution is -2.18. The van der Waals surface area contributed by atoms with E-state index in [9.17, 15) is 0 Å². The second kappa shape index (κ2) is 7.63. The molecule has 2 heteroatoms. The smallest absolute Gasteiger partial charge is 0.0406 e. The zero-order valence-electron chi connectivity index (χ0n) is 13.1. The molecule has 0 radical (unpaired) electrons. The lowest BCUT2D eigenvalue weighted by molar-refractivity contribution is 0.591. The van der Waals surface area contributed by atoms with Crippen molar-refractivity contribution < 1.29 is 0 Å². The van der Waals surface area contributed by atoms with Gasteiger partial charge in [0.25, 0.3) is 0 Å². The van der Waals surface area contributed by atoms with Crippen LogP contribution in [0.3, 0.4) is 0 Å². The van der Waals surface area contributed by atoms with E-state index in [2.05, 4.69) is 55.6 Å². The second-order valence-corrected chi connectivity index (χ2v) is 6.45. The van der Waals surface area contributed by atoms with Crippen LogP contribution in [0.25, 0.3) is 0 Å². The zero-order chi connectivity index (χ0) is 15.2. The van der Waals surface area contributed by atoms with Crippen LogP contribution >= 0.6 is 11.6 Å². The molecule has 0 aliphatic heterocycles. The Morgan fingerprint density at radius 1 is 0.857 bits per heavy atom. The second-order valence-electron chi connectivity index (χ2n) is 6.01. The molecule has 0 aromatic heterocycles. The maximum atomic E-state index is 5.94. The minimum atomic E-state index is 0.333. The summed E-state index contributed by atoms with van der Waals surface area (Å²) >= 11 is 5.94. The van der Waals surface area contributed by atoms with Gasteiger partial charge in [-0.3, -0.25) is 0 Å². The zero-order valence-corrected chi connectivity index (χ0v) is 13.8. The summed E-state index contributed by atoms with van der Waals surface area (Å²) in [6.45, 7) is 4.51. The van der Waals surface area contributed by atoms with Crippen molar-refractivity contribution in [3.05, 3.63) is 70.2 Å². The predicted octanol–water partition coefficient (Wildman–Crippen LogP) is 5.04. The van der Waals surface area contributed by atoms with E-state index >= 15 is 0 Å². The van der Waals surface area contributed by atoms with E-state index in [1.807, 2.05) is 19.2 Å². The van der Waals surface area contributed by atoms with Gasteiger partial charge in [-0.05, 0) is 54.6 Å². The van der Waals surface area contributed by atoms with Gasteiger partial charge >= 0.3 is 0 Å². The molecule has 2 rings (SSSR count). The molecule has 1 atom stereocenters. The van der Waals surface area contributed by atoms with Crippen molar-refractivity contribution in [1.82, 2.24) is 5.32 Å². The number of likely N-dealkylation sites (N-methyl/N-ethyl adjacent to an activating group) is 1. The van der Waals surface area contributed by atoms with Crippen LogP contribution in [0.4, 0.5) is 0 Å². The van der Waals surface area contributed by atoms with Gasteiger partial charge in [0.1, 0.15) is 0 Å². The van der Waals surface area contributed by atoms with Crippen LogP contribution in [0.2, 0.25) is 5.02 Å². The van der Waals surface area contributed by atoms with Gasteiger partial charge in [0.2, 0.25) is 0 Å². The van der Waals surface area contributed by atoms with Gasteiger partial charge in [0.15, 0.2) is 0 Å². The molecule has 0 bridgehead atoms. The van der Waals surface area contributed by atoms with E-state index in [4.69, 9.17) is 11.6 Å². The molecule has 2 aromatic rings. The average Bonchev–Trinajstić information content (AvgIpc) is 2.47. The Hall–Kier alpha value is -1.31. The fraction of sp³-hybridized carbons (Fsp3) is 0.368. The molecular formula is C19H24ClN. The van der Waals surface area contributed by atoms with Crippen LogP contribution in [0.1, 0.15) is 36.6 Å². The van der Waals surface area contributed by atoms with E-state index < -0.39 is 0 Å². The maximum Gasteiger partial charge on any atom is 0.0406 e. The van der Waals surface area contributed by atoms with E-state index in [1.165, 1.54) is 16.7 Å². The average molecular weight is 302 g/mol. The maximum absolute atomic E-state index is 5.94.